The molecule has 0 heteroatoms. The molecule has 11 heavy (non-hydrogen) atoms. The van der Waals surface area contributed by atoms with Gasteiger partial charge in [-0.05, 0) is 54.8 Å². The van der Waals surface area contributed by atoms with Gasteiger partial charge in [-0.3, -0.25) is 0 Å². The average Bonchev–Trinajstić information content (AvgIpc) is 2.38. The van der Waals surface area contributed by atoms with E-state index in [1.807, 2.05) is 0 Å². The maximum atomic E-state index is 2.43. The highest BCUT2D eigenvalue weighted by molar-refractivity contribution is 5.16. The minimum Gasteiger partial charge on any atom is -0.0599 e. The van der Waals surface area contributed by atoms with E-state index in [9.17, 15) is 0 Å². The summed E-state index contributed by atoms with van der Waals surface area (Å²) in [5, 5.41) is 0. The topological polar surface area (TPSA) is 0 Å². The van der Waals surface area contributed by atoms with Gasteiger partial charge in [0.05, 0.1) is 0 Å². The lowest BCUT2D eigenvalue weighted by molar-refractivity contribution is -0.120. The smallest absolute Gasteiger partial charge is 0.0277 e. The van der Waals surface area contributed by atoms with Crippen molar-refractivity contribution in [3.05, 3.63) is 0 Å². The highest BCUT2D eigenvalue weighted by Crippen LogP contribution is 2.77. The zero-order chi connectivity index (χ0) is 7.74. The standard InChI is InChI=1S/C11H18/c1-9(2)5-11(6-9)7-10(8-11)3-4-10/h3-8H2,1-2H3. The van der Waals surface area contributed by atoms with Gasteiger partial charge >= 0.3 is 0 Å². The third-order valence-corrected chi connectivity index (χ3v) is 4.16. The van der Waals surface area contributed by atoms with Crippen LogP contribution in [0.3, 0.4) is 0 Å². The lowest BCUT2D eigenvalue weighted by atomic mass is 9.42. The SMILES string of the molecule is CC1(C)CC2(C1)CC1(CC1)C2. The molecule has 62 valence electrons. The van der Waals surface area contributed by atoms with E-state index in [2.05, 4.69) is 13.8 Å². The van der Waals surface area contributed by atoms with Crippen molar-refractivity contribution >= 4 is 0 Å². The highest BCUT2D eigenvalue weighted by Gasteiger charge is 2.66. The fourth-order valence-electron chi connectivity index (χ4n) is 4.30. The summed E-state index contributed by atoms with van der Waals surface area (Å²) in [6.07, 6.45) is 9.39. The van der Waals surface area contributed by atoms with Gasteiger partial charge in [0.25, 0.3) is 0 Å². The molecule has 0 unspecified atom stereocenters. The van der Waals surface area contributed by atoms with Crippen LogP contribution in [0.15, 0.2) is 0 Å². The Kier molecular flexibility index (Phi) is 0.832. The Morgan fingerprint density at radius 3 is 1.64 bits per heavy atom. The van der Waals surface area contributed by atoms with E-state index in [-0.39, 0.29) is 0 Å². The van der Waals surface area contributed by atoms with Crippen LogP contribution in [0.1, 0.15) is 52.4 Å². The summed E-state index contributed by atoms with van der Waals surface area (Å²) in [7, 11) is 0. The van der Waals surface area contributed by atoms with E-state index in [1.165, 1.54) is 12.8 Å². The maximum absolute atomic E-state index is 2.43. The van der Waals surface area contributed by atoms with Crippen molar-refractivity contribution in [2.24, 2.45) is 16.2 Å². The van der Waals surface area contributed by atoms with Crippen molar-refractivity contribution in [2.45, 2.75) is 52.4 Å². The Bertz CT molecular complexity index is 177. The first-order valence-corrected chi connectivity index (χ1v) is 5.04. The molecule has 0 aromatic rings. The Morgan fingerprint density at radius 1 is 0.727 bits per heavy atom. The molecule has 0 radical (unpaired) electrons. The van der Waals surface area contributed by atoms with Crippen LogP contribution in [0.25, 0.3) is 0 Å². The van der Waals surface area contributed by atoms with Crippen molar-refractivity contribution in [1.29, 1.82) is 0 Å². The van der Waals surface area contributed by atoms with Crippen molar-refractivity contribution in [3.8, 4) is 0 Å². The molecule has 0 heterocycles. The molecule has 3 rings (SSSR count). The van der Waals surface area contributed by atoms with Gasteiger partial charge in [-0.2, -0.15) is 0 Å². The van der Waals surface area contributed by atoms with Crippen LogP contribution in [-0.4, -0.2) is 0 Å². The van der Waals surface area contributed by atoms with Crippen LogP contribution in [-0.2, 0) is 0 Å². The average molecular weight is 150 g/mol. The molecule has 0 aliphatic heterocycles. The van der Waals surface area contributed by atoms with Crippen LogP contribution in [0, 0.1) is 16.2 Å². The Morgan fingerprint density at radius 2 is 1.27 bits per heavy atom. The zero-order valence-corrected chi connectivity index (χ0v) is 7.74. The van der Waals surface area contributed by atoms with Crippen LogP contribution in [0.2, 0.25) is 0 Å². The number of hydrogen-bond donors (Lipinski definition) is 0. The van der Waals surface area contributed by atoms with Crippen LogP contribution in [0.4, 0.5) is 0 Å². The van der Waals surface area contributed by atoms with E-state index in [1.54, 1.807) is 25.7 Å². The van der Waals surface area contributed by atoms with E-state index in [0.717, 1.165) is 10.8 Å². The molecule has 3 aliphatic carbocycles. The lowest BCUT2D eigenvalue weighted by Gasteiger charge is -2.62. The summed E-state index contributed by atoms with van der Waals surface area (Å²) < 4.78 is 0. The summed E-state index contributed by atoms with van der Waals surface area (Å²) in [5.41, 5.74) is 2.51. The predicted octanol–water partition coefficient (Wildman–Crippen LogP) is 3.37. The number of rotatable bonds is 0. The minimum atomic E-state index is 0.705. The van der Waals surface area contributed by atoms with Crippen LogP contribution >= 0.6 is 0 Å². The largest absolute Gasteiger partial charge is 0.0599 e. The monoisotopic (exact) mass is 150 g/mol. The second-order valence-electron chi connectivity index (χ2n) is 6.37. The molecule has 0 amide bonds. The van der Waals surface area contributed by atoms with E-state index >= 15 is 0 Å². The molecule has 0 nitrogen and oxygen atoms in total. The maximum Gasteiger partial charge on any atom is -0.0277 e. The van der Waals surface area contributed by atoms with Gasteiger partial charge in [0.1, 0.15) is 0 Å². The Balaban J connectivity index is 1.67. The second kappa shape index (κ2) is 1.41. The first kappa shape index (κ1) is 6.51. The van der Waals surface area contributed by atoms with Crippen molar-refractivity contribution in [1.82, 2.24) is 0 Å². The van der Waals surface area contributed by atoms with Crippen LogP contribution in [0.5, 0.6) is 0 Å². The lowest BCUT2D eigenvalue weighted by Crippen LogP contribution is -2.52. The zero-order valence-electron chi connectivity index (χ0n) is 7.74. The molecule has 3 aliphatic rings. The van der Waals surface area contributed by atoms with Gasteiger partial charge in [-0.15, -0.1) is 0 Å². The molecular formula is C11H18. The molecule has 0 aromatic carbocycles. The minimum absolute atomic E-state index is 0.705. The third kappa shape index (κ3) is 0.761. The predicted molar refractivity (Wildman–Crippen MR) is 46.3 cm³/mol. The van der Waals surface area contributed by atoms with Crippen molar-refractivity contribution in [2.75, 3.05) is 0 Å². The summed E-state index contributed by atoms with van der Waals surface area (Å²) in [5.74, 6) is 0. The van der Waals surface area contributed by atoms with Gasteiger partial charge < -0.3 is 0 Å². The molecule has 0 atom stereocenters. The molecule has 0 N–H and O–H groups in total. The van der Waals surface area contributed by atoms with Crippen molar-refractivity contribution in [3.63, 3.8) is 0 Å². The summed E-state index contributed by atoms with van der Waals surface area (Å²) >= 11 is 0. The fourth-order valence-corrected chi connectivity index (χ4v) is 4.30. The quantitative estimate of drug-likeness (QED) is 0.496. The molecule has 3 saturated carbocycles. The van der Waals surface area contributed by atoms with Gasteiger partial charge in [0.15, 0.2) is 0 Å². The molecule has 0 saturated heterocycles. The van der Waals surface area contributed by atoms with Crippen molar-refractivity contribution < 1.29 is 0 Å². The summed E-state index contributed by atoms with van der Waals surface area (Å²) in [6.45, 7) is 4.85. The molecular weight excluding hydrogens is 132 g/mol. The molecule has 0 bridgehead atoms. The van der Waals surface area contributed by atoms with Crippen LogP contribution < -0.4 is 0 Å². The Hall–Kier alpha value is 0. The van der Waals surface area contributed by atoms with Gasteiger partial charge in [-0.25, -0.2) is 0 Å². The fraction of sp³-hybridized carbons (Fsp3) is 1.00. The first-order valence-electron chi connectivity index (χ1n) is 5.04. The second-order valence-corrected chi connectivity index (χ2v) is 6.37. The van der Waals surface area contributed by atoms with E-state index in [4.69, 9.17) is 0 Å². The summed E-state index contributed by atoms with van der Waals surface area (Å²) in [6, 6.07) is 0. The number of hydrogen-bond acceptors (Lipinski definition) is 0. The highest BCUT2D eigenvalue weighted by atomic mass is 14.7. The third-order valence-electron chi connectivity index (χ3n) is 4.16. The molecule has 0 aromatic heterocycles. The Labute approximate surface area is 69.4 Å². The normalized spacial score (nSPS) is 39.8. The molecule has 3 fully saturated rings. The van der Waals surface area contributed by atoms with E-state index in [0.29, 0.717) is 5.41 Å². The molecule has 2 spiro atoms. The van der Waals surface area contributed by atoms with Gasteiger partial charge in [0, 0.05) is 0 Å². The van der Waals surface area contributed by atoms with E-state index < -0.39 is 0 Å². The van der Waals surface area contributed by atoms with Gasteiger partial charge in [-0.1, -0.05) is 13.8 Å². The summed E-state index contributed by atoms with van der Waals surface area (Å²) in [4.78, 5) is 0. The first-order chi connectivity index (χ1) is 5.04. The van der Waals surface area contributed by atoms with Gasteiger partial charge in [0.2, 0.25) is 0 Å².